The third kappa shape index (κ3) is 2.86. The predicted octanol–water partition coefficient (Wildman–Crippen LogP) is 3.72. The van der Waals surface area contributed by atoms with Gasteiger partial charge < -0.3 is 11.1 Å². The van der Waals surface area contributed by atoms with E-state index in [4.69, 9.17) is 5.73 Å². The lowest BCUT2D eigenvalue weighted by Crippen LogP contribution is -2.18. The number of halogens is 2. The summed E-state index contributed by atoms with van der Waals surface area (Å²) in [6.07, 6.45) is 0. The van der Waals surface area contributed by atoms with Gasteiger partial charge in [0.2, 0.25) is 0 Å². The summed E-state index contributed by atoms with van der Waals surface area (Å²) in [4.78, 5) is 12.2. The van der Waals surface area contributed by atoms with Crippen molar-refractivity contribution in [3.8, 4) is 0 Å². The molecule has 0 heterocycles. The quantitative estimate of drug-likeness (QED) is 0.828. The van der Waals surface area contributed by atoms with Crippen LogP contribution >= 0.6 is 0 Å². The normalized spacial score (nSPS) is 10.5. The molecule has 0 bridgehead atoms. The van der Waals surface area contributed by atoms with Crippen LogP contribution < -0.4 is 11.1 Å². The van der Waals surface area contributed by atoms with E-state index in [2.05, 4.69) is 5.32 Å². The first-order valence-corrected chi connectivity index (χ1v) is 6.44. The lowest BCUT2D eigenvalue weighted by atomic mass is 10.1. The van der Waals surface area contributed by atoms with Crippen LogP contribution in [0.1, 0.15) is 27.0 Å². The van der Waals surface area contributed by atoms with Gasteiger partial charge in [0.15, 0.2) is 0 Å². The van der Waals surface area contributed by atoms with Crippen LogP contribution in [-0.4, -0.2) is 5.91 Å². The first-order chi connectivity index (χ1) is 9.81. The maximum atomic E-state index is 14.0. The van der Waals surface area contributed by atoms with Gasteiger partial charge in [0, 0.05) is 11.4 Å². The molecule has 0 aliphatic heterocycles. The molecule has 0 fully saturated rings. The number of rotatable bonds is 2. The molecule has 5 heteroatoms. The minimum absolute atomic E-state index is 0.215. The average molecular weight is 290 g/mol. The maximum Gasteiger partial charge on any atom is 0.261 e. The minimum Gasteiger partial charge on any atom is -0.399 e. The molecule has 0 unspecified atom stereocenters. The van der Waals surface area contributed by atoms with E-state index >= 15 is 0 Å². The molecule has 0 aromatic heterocycles. The van der Waals surface area contributed by atoms with E-state index in [1.807, 2.05) is 0 Å². The summed E-state index contributed by atoms with van der Waals surface area (Å²) in [5, 5.41) is 2.56. The third-order valence-corrected chi connectivity index (χ3v) is 3.30. The molecule has 2 rings (SSSR count). The van der Waals surface area contributed by atoms with Crippen LogP contribution in [-0.2, 0) is 0 Å². The van der Waals surface area contributed by atoms with Crippen LogP contribution in [0.5, 0.6) is 0 Å². The number of nitrogen functional groups attached to an aromatic ring is 1. The molecule has 0 atom stereocenters. The molecule has 0 saturated heterocycles. The Morgan fingerprint density at radius 2 is 1.62 bits per heavy atom. The van der Waals surface area contributed by atoms with Crippen molar-refractivity contribution in [2.24, 2.45) is 0 Å². The average Bonchev–Trinajstić information content (AvgIpc) is 2.38. The van der Waals surface area contributed by atoms with E-state index in [9.17, 15) is 13.6 Å². The van der Waals surface area contributed by atoms with Gasteiger partial charge in [-0.1, -0.05) is 6.07 Å². The maximum absolute atomic E-state index is 14.0. The van der Waals surface area contributed by atoms with Crippen LogP contribution in [0.25, 0.3) is 0 Å². The van der Waals surface area contributed by atoms with Crippen molar-refractivity contribution >= 4 is 17.3 Å². The molecule has 0 saturated carbocycles. The number of nitrogens with one attached hydrogen (secondary N) is 1. The fourth-order valence-corrected chi connectivity index (χ4v) is 2.24. The molecular formula is C16H16F2N2O. The highest BCUT2D eigenvalue weighted by Gasteiger charge is 2.20. The Balaban J connectivity index is 2.42. The van der Waals surface area contributed by atoms with Crippen molar-refractivity contribution in [3.63, 3.8) is 0 Å². The highest BCUT2D eigenvalue weighted by atomic mass is 19.1. The minimum atomic E-state index is -0.888. The van der Waals surface area contributed by atoms with Crippen molar-refractivity contribution in [1.82, 2.24) is 0 Å². The van der Waals surface area contributed by atoms with Crippen molar-refractivity contribution < 1.29 is 13.6 Å². The predicted molar refractivity (Wildman–Crippen MR) is 79.4 cm³/mol. The fourth-order valence-electron chi connectivity index (χ4n) is 2.24. The Morgan fingerprint density at radius 3 is 2.19 bits per heavy atom. The van der Waals surface area contributed by atoms with Gasteiger partial charge in [0.25, 0.3) is 5.91 Å². The zero-order chi connectivity index (χ0) is 15.7. The summed E-state index contributed by atoms with van der Waals surface area (Å²) in [5.41, 5.74) is 7.88. The highest BCUT2D eigenvalue weighted by Crippen LogP contribution is 2.25. The Labute approximate surface area is 121 Å². The molecule has 0 aliphatic rings. The Morgan fingerprint density at radius 1 is 1.05 bits per heavy atom. The summed E-state index contributed by atoms with van der Waals surface area (Å²) in [6.45, 7) is 5.01. The van der Waals surface area contributed by atoms with E-state index in [-0.39, 0.29) is 5.56 Å². The lowest BCUT2D eigenvalue weighted by Gasteiger charge is -2.14. The van der Waals surface area contributed by atoms with Crippen LogP contribution in [0, 0.1) is 32.4 Å². The third-order valence-electron chi connectivity index (χ3n) is 3.30. The second-order valence-corrected chi connectivity index (χ2v) is 5.04. The number of anilines is 2. The second-order valence-electron chi connectivity index (χ2n) is 5.04. The van der Waals surface area contributed by atoms with Gasteiger partial charge in [-0.15, -0.1) is 0 Å². The number of carbonyl (C=O) groups is 1. The van der Waals surface area contributed by atoms with Crippen LogP contribution in [0.3, 0.4) is 0 Å². The van der Waals surface area contributed by atoms with Gasteiger partial charge >= 0.3 is 0 Å². The summed E-state index contributed by atoms with van der Waals surface area (Å²) >= 11 is 0. The van der Waals surface area contributed by atoms with Crippen molar-refractivity contribution in [2.45, 2.75) is 20.8 Å². The van der Waals surface area contributed by atoms with Gasteiger partial charge in [-0.05, 0) is 55.7 Å². The molecule has 21 heavy (non-hydrogen) atoms. The van der Waals surface area contributed by atoms with Crippen molar-refractivity contribution in [1.29, 1.82) is 0 Å². The van der Waals surface area contributed by atoms with Gasteiger partial charge in [-0.25, -0.2) is 8.78 Å². The Hall–Kier alpha value is -2.43. The Kier molecular flexibility index (Phi) is 3.93. The molecule has 2 aromatic carbocycles. The standard InChI is InChI=1S/C16H16F2N2O/c1-8-4-5-12(17)13(14(8)18)16(21)20-15-9(2)6-11(19)7-10(15)3/h4-7H,19H2,1-3H3,(H,20,21). The van der Waals surface area contributed by atoms with Gasteiger partial charge in [-0.2, -0.15) is 0 Å². The fraction of sp³-hybridized carbons (Fsp3) is 0.188. The molecule has 1 amide bonds. The molecule has 3 nitrogen and oxygen atoms in total. The zero-order valence-electron chi connectivity index (χ0n) is 12.1. The van der Waals surface area contributed by atoms with E-state index in [1.165, 1.54) is 13.0 Å². The first-order valence-electron chi connectivity index (χ1n) is 6.44. The summed E-state index contributed by atoms with van der Waals surface area (Å²) in [5.74, 6) is -2.55. The first kappa shape index (κ1) is 15.0. The molecule has 2 aromatic rings. The number of hydrogen-bond acceptors (Lipinski definition) is 2. The molecule has 3 N–H and O–H groups in total. The van der Waals surface area contributed by atoms with Crippen LogP contribution in [0.2, 0.25) is 0 Å². The molecule has 0 aliphatic carbocycles. The Bertz CT molecular complexity index is 703. The number of nitrogens with two attached hydrogens (primary N) is 1. The number of benzene rings is 2. The smallest absolute Gasteiger partial charge is 0.261 e. The lowest BCUT2D eigenvalue weighted by molar-refractivity contribution is 0.101. The largest absolute Gasteiger partial charge is 0.399 e. The molecular weight excluding hydrogens is 274 g/mol. The summed E-state index contributed by atoms with van der Waals surface area (Å²) in [6, 6.07) is 5.74. The van der Waals surface area contributed by atoms with Crippen molar-refractivity contribution in [2.75, 3.05) is 11.1 Å². The number of amides is 1. The van der Waals surface area contributed by atoms with Crippen molar-refractivity contribution in [3.05, 3.63) is 58.2 Å². The summed E-state index contributed by atoms with van der Waals surface area (Å²) in [7, 11) is 0. The molecule has 110 valence electrons. The number of carbonyl (C=O) groups excluding carboxylic acids is 1. The van der Waals surface area contributed by atoms with Gasteiger partial charge in [0.1, 0.15) is 17.2 Å². The van der Waals surface area contributed by atoms with E-state index in [1.54, 1.807) is 26.0 Å². The van der Waals surface area contributed by atoms with E-state index in [0.29, 0.717) is 11.4 Å². The number of hydrogen-bond donors (Lipinski definition) is 2. The van der Waals surface area contributed by atoms with Crippen LogP contribution in [0.15, 0.2) is 24.3 Å². The zero-order valence-corrected chi connectivity index (χ0v) is 12.1. The molecule has 0 spiro atoms. The van der Waals surface area contributed by atoms with E-state index < -0.39 is 23.1 Å². The topological polar surface area (TPSA) is 55.1 Å². The summed E-state index contributed by atoms with van der Waals surface area (Å²) < 4.78 is 27.7. The second kappa shape index (κ2) is 5.52. The van der Waals surface area contributed by atoms with Crippen LogP contribution in [0.4, 0.5) is 20.2 Å². The van der Waals surface area contributed by atoms with E-state index in [0.717, 1.165) is 17.2 Å². The number of aryl methyl sites for hydroxylation is 3. The monoisotopic (exact) mass is 290 g/mol. The SMILES string of the molecule is Cc1ccc(F)c(C(=O)Nc2c(C)cc(N)cc2C)c1F. The van der Waals surface area contributed by atoms with Gasteiger partial charge in [-0.3, -0.25) is 4.79 Å². The molecule has 0 radical (unpaired) electrons. The van der Waals surface area contributed by atoms with Gasteiger partial charge in [0.05, 0.1) is 0 Å². The highest BCUT2D eigenvalue weighted by molar-refractivity contribution is 6.05.